The molecule has 0 atom stereocenters. The van der Waals surface area contributed by atoms with E-state index in [1.54, 1.807) is 12.4 Å². The number of rotatable bonds is 2. The topological polar surface area (TPSA) is 36.7 Å². The van der Waals surface area contributed by atoms with E-state index in [1.165, 1.54) is 11.8 Å². The van der Waals surface area contributed by atoms with Crippen molar-refractivity contribution in [3.05, 3.63) is 41.6 Å². The summed E-state index contributed by atoms with van der Waals surface area (Å²) < 4.78 is 0. The maximum atomic E-state index is 7.60. The molecule has 0 spiro atoms. The van der Waals surface area contributed by atoms with E-state index in [1.807, 2.05) is 30.5 Å². The maximum absolute atomic E-state index is 7.60. The van der Waals surface area contributed by atoms with E-state index in [-0.39, 0.29) is 0 Å². The molecule has 1 rings (SSSR count). The van der Waals surface area contributed by atoms with Crippen LogP contribution in [0.3, 0.4) is 0 Å². The Morgan fingerprint density at radius 3 is 3.08 bits per heavy atom. The minimum Gasteiger partial charge on any atom is -0.293 e. The van der Waals surface area contributed by atoms with Crippen molar-refractivity contribution in [3.63, 3.8) is 0 Å². The summed E-state index contributed by atoms with van der Waals surface area (Å²) in [5, 5.41) is 10.0. The van der Waals surface area contributed by atoms with Gasteiger partial charge in [-0.25, -0.2) is 0 Å². The maximum Gasteiger partial charge on any atom is 0.1000 e. The Bertz CT molecular complexity index is 280. The molecule has 1 aromatic heterocycles. The molecule has 0 aliphatic carbocycles. The van der Waals surface area contributed by atoms with Crippen LogP contribution in [0.15, 0.2) is 36.0 Å². The molecule has 3 heteroatoms. The summed E-state index contributed by atoms with van der Waals surface area (Å²) in [4.78, 5) is 3.94. The first-order valence-electron chi connectivity index (χ1n) is 3.61. The summed E-state index contributed by atoms with van der Waals surface area (Å²) in [6.45, 7) is 1.93. The van der Waals surface area contributed by atoms with Gasteiger partial charge >= 0.3 is 0 Å². The Labute approximate surface area is 76.2 Å². The monoisotopic (exact) mass is 178 g/mol. The lowest BCUT2D eigenvalue weighted by molar-refractivity contribution is 1.31. The normalized spacial score (nSPS) is 10.4. The van der Waals surface area contributed by atoms with Gasteiger partial charge in [-0.05, 0) is 24.5 Å². The molecule has 0 aromatic carbocycles. The Morgan fingerprint density at radius 1 is 1.67 bits per heavy atom. The van der Waals surface area contributed by atoms with Crippen molar-refractivity contribution in [1.82, 2.24) is 4.98 Å². The lowest BCUT2D eigenvalue weighted by Crippen LogP contribution is -1.91. The molecule has 0 aliphatic heterocycles. The molecule has 0 unspecified atom stereocenters. The van der Waals surface area contributed by atoms with Gasteiger partial charge in [-0.3, -0.25) is 10.4 Å². The third kappa shape index (κ3) is 2.51. The van der Waals surface area contributed by atoms with Gasteiger partial charge in [0.25, 0.3) is 0 Å². The largest absolute Gasteiger partial charge is 0.293 e. The quantitative estimate of drug-likeness (QED) is 0.558. The highest BCUT2D eigenvalue weighted by Crippen LogP contribution is 2.11. The van der Waals surface area contributed by atoms with Gasteiger partial charge in [0.05, 0.1) is 5.04 Å². The zero-order chi connectivity index (χ0) is 8.81. The predicted octanol–water partition coefficient (Wildman–Crippen LogP) is 2.67. The standard InChI is InChI=1S/C9H10N2S/c1-2-6-12-9(10)8-4-3-5-11-7-8/h2-7,10H,1H3/b6-2+,10-9?. The average Bonchev–Trinajstić information content (AvgIpc) is 2.15. The Hall–Kier alpha value is -1.09. The molecule has 0 amide bonds. The van der Waals surface area contributed by atoms with Gasteiger partial charge < -0.3 is 0 Å². The van der Waals surface area contributed by atoms with Crippen molar-refractivity contribution in [2.45, 2.75) is 6.92 Å². The van der Waals surface area contributed by atoms with Crippen molar-refractivity contribution in [2.75, 3.05) is 0 Å². The van der Waals surface area contributed by atoms with Gasteiger partial charge in [-0.2, -0.15) is 0 Å². The summed E-state index contributed by atoms with van der Waals surface area (Å²) in [5.74, 6) is 0. The summed E-state index contributed by atoms with van der Waals surface area (Å²) in [7, 11) is 0. The summed E-state index contributed by atoms with van der Waals surface area (Å²) in [6, 6.07) is 3.71. The average molecular weight is 178 g/mol. The van der Waals surface area contributed by atoms with Gasteiger partial charge in [0, 0.05) is 18.0 Å². The molecule has 0 aliphatic rings. The highest BCUT2D eigenvalue weighted by Gasteiger charge is 1.97. The fourth-order valence-electron chi connectivity index (χ4n) is 0.701. The lowest BCUT2D eigenvalue weighted by Gasteiger charge is -1.97. The van der Waals surface area contributed by atoms with Crippen LogP contribution in [0.2, 0.25) is 0 Å². The zero-order valence-corrected chi connectivity index (χ0v) is 7.64. The number of allylic oxidation sites excluding steroid dienone is 1. The minimum absolute atomic E-state index is 0.529. The van der Waals surface area contributed by atoms with E-state index in [0.717, 1.165) is 5.56 Å². The van der Waals surface area contributed by atoms with Crippen molar-refractivity contribution < 1.29 is 0 Å². The molecule has 0 saturated heterocycles. The highest BCUT2D eigenvalue weighted by atomic mass is 32.2. The van der Waals surface area contributed by atoms with E-state index in [9.17, 15) is 0 Å². The van der Waals surface area contributed by atoms with Crippen LogP contribution >= 0.6 is 11.8 Å². The first-order chi connectivity index (χ1) is 5.84. The molecule has 0 fully saturated rings. The van der Waals surface area contributed by atoms with Crippen LogP contribution < -0.4 is 0 Å². The molecule has 0 radical (unpaired) electrons. The highest BCUT2D eigenvalue weighted by molar-refractivity contribution is 8.16. The summed E-state index contributed by atoms with van der Waals surface area (Å²) in [5.41, 5.74) is 0.862. The Balaban J connectivity index is 2.66. The van der Waals surface area contributed by atoms with Crippen LogP contribution in [0.4, 0.5) is 0 Å². The fourth-order valence-corrected chi connectivity index (χ4v) is 1.23. The van der Waals surface area contributed by atoms with E-state index >= 15 is 0 Å². The molecular weight excluding hydrogens is 168 g/mol. The smallest absolute Gasteiger partial charge is 0.1000 e. The van der Waals surface area contributed by atoms with Crippen LogP contribution in [-0.4, -0.2) is 10.0 Å². The SMILES string of the molecule is C/C=C/SC(=N)c1cccnc1. The van der Waals surface area contributed by atoms with Crippen LogP contribution in [0.25, 0.3) is 0 Å². The van der Waals surface area contributed by atoms with E-state index in [2.05, 4.69) is 4.98 Å². The molecule has 2 nitrogen and oxygen atoms in total. The van der Waals surface area contributed by atoms with Crippen LogP contribution in [0.5, 0.6) is 0 Å². The van der Waals surface area contributed by atoms with E-state index < -0.39 is 0 Å². The minimum atomic E-state index is 0.529. The molecule has 1 heterocycles. The van der Waals surface area contributed by atoms with Crippen molar-refractivity contribution in [3.8, 4) is 0 Å². The van der Waals surface area contributed by atoms with Gasteiger partial charge in [0.1, 0.15) is 0 Å². The van der Waals surface area contributed by atoms with Crippen molar-refractivity contribution in [1.29, 1.82) is 5.41 Å². The number of nitrogens with zero attached hydrogens (tertiary/aromatic N) is 1. The van der Waals surface area contributed by atoms with Gasteiger partial charge in [0.2, 0.25) is 0 Å². The third-order valence-corrected chi connectivity index (χ3v) is 2.13. The molecule has 62 valence electrons. The fraction of sp³-hybridized carbons (Fsp3) is 0.111. The number of nitrogens with one attached hydrogen (secondary N) is 1. The number of thioether (sulfide) groups is 1. The Morgan fingerprint density at radius 2 is 2.50 bits per heavy atom. The number of hydrogen-bond donors (Lipinski definition) is 1. The first-order valence-corrected chi connectivity index (χ1v) is 4.49. The van der Waals surface area contributed by atoms with Crippen molar-refractivity contribution >= 4 is 16.8 Å². The lowest BCUT2D eigenvalue weighted by atomic mass is 10.3. The third-order valence-electron chi connectivity index (χ3n) is 1.25. The van der Waals surface area contributed by atoms with Crippen LogP contribution in [0.1, 0.15) is 12.5 Å². The van der Waals surface area contributed by atoms with Gasteiger partial charge in [-0.1, -0.05) is 17.8 Å². The predicted molar refractivity (Wildman–Crippen MR) is 53.5 cm³/mol. The molecule has 1 aromatic rings. The van der Waals surface area contributed by atoms with E-state index in [0.29, 0.717) is 5.04 Å². The second-order valence-corrected chi connectivity index (χ2v) is 3.07. The van der Waals surface area contributed by atoms with Crippen LogP contribution in [-0.2, 0) is 0 Å². The summed E-state index contributed by atoms with van der Waals surface area (Å²) >= 11 is 1.39. The second-order valence-electron chi connectivity index (χ2n) is 2.16. The molecule has 0 saturated carbocycles. The zero-order valence-electron chi connectivity index (χ0n) is 6.82. The number of aromatic nitrogens is 1. The van der Waals surface area contributed by atoms with Gasteiger partial charge in [0.15, 0.2) is 0 Å². The number of pyridine rings is 1. The van der Waals surface area contributed by atoms with E-state index in [4.69, 9.17) is 5.41 Å². The molecule has 12 heavy (non-hydrogen) atoms. The Kier molecular flexibility index (Phi) is 3.54. The number of hydrogen-bond acceptors (Lipinski definition) is 3. The summed E-state index contributed by atoms with van der Waals surface area (Å²) in [6.07, 6.45) is 5.31. The molecule has 1 N–H and O–H groups in total. The second kappa shape index (κ2) is 4.72. The van der Waals surface area contributed by atoms with Crippen LogP contribution in [0, 0.1) is 5.41 Å². The first kappa shape index (κ1) is 9.00. The van der Waals surface area contributed by atoms with Gasteiger partial charge in [-0.15, -0.1) is 0 Å². The molecular formula is C9H10N2S. The van der Waals surface area contributed by atoms with Crippen molar-refractivity contribution in [2.24, 2.45) is 0 Å². The molecule has 0 bridgehead atoms.